The van der Waals surface area contributed by atoms with E-state index in [1.54, 1.807) is 11.3 Å². The summed E-state index contributed by atoms with van der Waals surface area (Å²) in [6.45, 7) is 0. The second-order valence-electron chi connectivity index (χ2n) is 6.06. The molecule has 1 amide bonds. The number of anilines is 1. The second-order valence-corrected chi connectivity index (χ2v) is 7.00. The van der Waals surface area contributed by atoms with Gasteiger partial charge in [-0.05, 0) is 41.8 Å². The van der Waals surface area contributed by atoms with E-state index in [-0.39, 0.29) is 5.91 Å². The highest BCUT2D eigenvalue weighted by Gasteiger charge is 2.07. The fraction of sp³-hybridized carbons (Fsp3) is 0.0909. The molecular formula is C22H17N3OS. The van der Waals surface area contributed by atoms with Crippen LogP contribution in [0.2, 0.25) is 0 Å². The number of para-hydroxylation sites is 2. The molecular weight excluding hydrogens is 354 g/mol. The number of benzene rings is 2. The van der Waals surface area contributed by atoms with Crippen molar-refractivity contribution >= 4 is 34.0 Å². The second kappa shape index (κ2) is 7.90. The van der Waals surface area contributed by atoms with Gasteiger partial charge in [0, 0.05) is 24.1 Å². The van der Waals surface area contributed by atoms with Gasteiger partial charge in [-0.25, -0.2) is 4.98 Å². The number of thiophene rings is 1. The first kappa shape index (κ1) is 17.1. The molecule has 5 heteroatoms. The van der Waals surface area contributed by atoms with E-state index in [0.717, 1.165) is 33.0 Å². The number of hydrogen-bond donors (Lipinski definition) is 2. The molecule has 0 radical (unpaired) electrons. The van der Waals surface area contributed by atoms with Gasteiger partial charge < -0.3 is 10.3 Å². The number of hydrogen-bond acceptors (Lipinski definition) is 3. The molecule has 0 spiro atoms. The van der Waals surface area contributed by atoms with Crippen molar-refractivity contribution in [3.8, 4) is 11.8 Å². The van der Waals surface area contributed by atoms with Gasteiger partial charge in [0.15, 0.2) is 0 Å². The topological polar surface area (TPSA) is 57.8 Å². The lowest BCUT2D eigenvalue weighted by atomic mass is 10.2. The van der Waals surface area contributed by atoms with Gasteiger partial charge in [-0.15, -0.1) is 11.3 Å². The first-order valence-corrected chi connectivity index (χ1v) is 9.53. The Bertz CT molecular complexity index is 1100. The van der Waals surface area contributed by atoms with Crippen molar-refractivity contribution in [3.63, 3.8) is 0 Å². The molecule has 0 atom stereocenters. The molecule has 2 heterocycles. The molecule has 2 N–H and O–H groups in total. The summed E-state index contributed by atoms with van der Waals surface area (Å²) >= 11 is 1.61. The Labute approximate surface area is 161 Å². The van der Waals surface area contributed by atoms with Gasteiger partial charge in [0.1, 0.15) is 5.82 Å². The lowest BCUT2D eigenvalue weighted by Crippen LogP contribution is -2.12. The molecule has 27 heavy (non-hydrogen) atoms. The zero-order chi connectivity index (χ0) is 18.5. The summed E-state index contributed by atoms with van der Waals surface area (Å²) in [5, 5.41) is 4.94. The van der Waals surface area contributed by atoms with Crippen LogP contribution in [0, 0.1) is 11.8 Å². The van der Waals surface area contributed by atoms with Crippen molar-refractivity contribution in [1.29, 1.82) is 0 Å². The van der Waals surface area contributed by atoms with Crippen LogP contribution in [0.1, 0.15) is 22.7 Å². The van der Waals surface area contributed by atoms with Crippen LogP contribution < -0.4 is 5.32 Å². The third kappa shape index (κ3) is 4.43. The first-order chi connectivity index (χ1) is 13.3. The normalized spacial score (nSPS) is 10.4. The number of aromatic nitrogens is 2. The van der Waals surface area contributed by atoms with Crippen molar-refractivity contribution in [2.45, 2.75) is 12.8 Å². The Morgan fingerprint density at radius 1 is 1.07 bits per heavy atom. The SMILES string of the molecule is O=C(CCc1nc2ccccc2[nH]1)Nc1cccc(C#Cc2cccs2)c1. The Kier molecular flexibility index (Phi) is 4.99. The maximum absolute atomic E-state index is 12.3. The van der Waals surface area contributed by atoms with Gasteiger partial charge in [0.05, 0.1) is 15.9 Å². The van der Waals surface area contributed by atoms with E-state index in [1.165, 1.54) is 0 Å². The van der Waals surface area contributed by atoms with Crippen LogP contribution in [0.25, 0.3) is 11.0 Å². The number of nitrogens with one attached hydrogen (secondary N) is 2. The predicted octanol–water partition coefficient (Wildman–Crippen LogP) is 4.60. The standard InChI is InChI=1S/C22H17N3OS/c26-22(13-12-21-24-19-8-1-2-9-20(19)25-21)23-17-6-3-5-16(15-17)10-11-18-7-4-14-27-18/h1-9,14-15H,12-13H2,(H,23,26)(H,24,25). The number of carbonyl (C=O) groups is 1. The number of aromatic amines is 1. The predicted molar refractivity (Wildman–Crippen MR) is 110 cm³/mol. The molecule has 0 aliphatic rings. The highest BCUT2D eigenvalue weighted by molar-refractivity contribution is 7.10. The molecule has 0 bridgehead atoms. The molecule has 132 valence electrons. The zero-order valence-electron chi connectivity index (χ0n) is 14.5. The van der Waals surface area contributed by atoms with Gasteiger partial charge in [-0.2, -0.15) is 0 Å². The van der Waals surface area contributed by atoms with Crippen molar-refractivity contribution in [3.05, 3.63) is 82.3 Å². The minimum absolute atomic E-state index is 0.0428. The highest BCUT2D eigenvalue weighted by atomic mass is 32.1. The highest BCUT2D eigenvalue weighted by Crippen LogP contribution is 2.14. The van der Waals surface area contributed by atoms with Crippen LogP contribution in [0.15, 0.2) is 66.0 Å². The van der Waals surface area contributed by atoms with Crippen LogP contribution >= 0.6 is 11.3 Å². The third-order valence-electron chi connectivity index (χ3n) is 4.02. The van der Waals surface area contributed by atoms with Crippen molar-refractivity contribution in [2.24, 2.45) is 0 Å². The molecule has 4 aromatic rings. The Morgan fingerprint density at radius 3 is 2.85 bits per heavy atom. The Morgan fingerprint density at radius 2 is 2.00 bits per heavy atom. The summed E-state index contributed by atoms with van der Waals surface area (Å²) in [5.74, 6) is 7.03. The maximum atomic E-state index is 12.3. The van der Waals surface area contributed by atoms with Crippen molar-refractivity contribution < 1.29 is 4.79 Å². The monoisotopic (exact) mass is 371 g/mol. The average Bonchev–Trinajstić information content (AvgIpc) is 3.34. The summed E-state index contributed by atoms with van der Waals surface area (Å²) in [6, 6.07) is 19.4. The van der Waals surface area contributed by atoms with E-state index in [9.17, 15) is 4.79 Å². The van der Waals surface area contributed by atoms with Gasteiger partial charge in [-0.3, -0.25) is 4.79 Å². The zero-order valence-corrected chi connectivity index (χ0v) is 15.3. The quantitative estimate of drug-likeness (QED) is 0.515. The van der Waals surface area contributed by atoms with Crippen LogP contribution in [-0.2, 0) is 11.2 Å². The Balaban J connectivity index is 1.37. The number of carbonyl (C=O) groups excluding carboxylic acids is 1. The minimum Gasteiger partial charge on any atom is -0.342 e. The van der Waals surface area contributed by atoms with Crippen LogP contribution in [-0.4, -0.2) is 15.9 Å². The molecule has 0 aliphatic heterocycles. The molecule has 0 saturated heterocycles. The van der Waals surface area contributed by atoms with E-state index in [0.29, 0.717) is 12.8 Å². The molecule has 0 fully saturated rings. The number of nitrogens with zero attached hydrogens (tertiary/aromatic N) is 1. The fourth-order valence-electron chi connectivity index (χ4n) is 2.74. The molecule has 0 unspecified atom stereocenters. The Hall–Kier alpha value is -3.36. The number of fused-ring (bicyclic) bond motifs is 1. The smallest absolute Gasteiger partial charge is 0.224 e. The fourth-order valence-corrected chi connectivity index (χ4v) is 3.31. The van der Waals surface area contributed by atoms with E-state index in [1.807, 2.05) is 66.0 Å². The van der Waals surface area contributed by atoms with Crippen LogP contribution in [0.4, 0.5) is 5.69 Å². The van der Waals surface area contributed by atoms with Gasteiger partial charge in [-0.1, -0.05) is 36.1 Å². The summed E-state index contributed by atoms with van der Waals surface area (Å²) in [7, 11) is 0. The van der Waals surface area contributed by atoms with E-state index in [4.69, 9.17) is 0 Å². The van der Waals surface area contributed by atoms with E-state index >= 15 is 0 Å². The number of aryl methyl sites for hydroxylation is 1. The summed E-state index contributed by atoms with van der Waals surface area (Å²) < 4.78 is 0. The number of H-pyrrole nitrogens is 1. The lowest BCUT2D eigenvalue weighted by molar-refractivity contribution is -0.116. The molecule has 2 aromatic heterocycles. The van der Waals surface area contributed by atoms with Gasteiger partial charge >= 0.3 is 0 Å². The van der Waals surface area contributed by atoms with E-state index in [2.05, 4.69) is 27.1 Å². The van der Waals surface area contributed by atoms with Crippen molar-refractivity contribution in [1.82, 2.24) is 9.97 Å². The average molecular weight is 371 g/mol. The third-order valence-corrected chi connectivity index (χ3v) is 4.81. The van der Waals surface area contributed by atoms with Crippen LogP contribution in [0.3, 0.4) is 0 Å². The number of amides is 1. The molecule has 0 aliphatic carbocycles. The molecule has 0 saturated carbocycles. The van der Waals surface area contributed by atoms with Crippen LogP contribution in [0.5, 0.6) is 0 Å². The van der Waals surface area contributed by atoms with Crippen molar-refractivity contribution in [2.75, 3.05) is 5.32 Å². The lowest BCUT2D eigenvalue weighted by Gasteiger charge is -2.05. The summed E-state index contributed by atoms with van der Waals surface area (Å²) in [4.78, 5) is 21.0. The summed E-state index contributed by atoms with van der Waals surface area (Å²) in [6.07, 6.45) is 0.934. The van der Waals surface area contributed by atoms with Gasteiger partial charge in [0.25, 0.3) is 0 Å². The minimum atomic E-state index is -0.0428. The summed E-state index contributed by atoms with van der Waals surface area (Å²) in [5.41, 5.74) is 3.54. The van der Waals surface area contributed by atoms with Gasteiger partial charge in [0.2, 0.25) is 5.91 Å². The molecule has 2 aromatic carbocycles. The molecule has 4 rings (SSSR count). The number of imidazole rings is 1. The van der Waals surface area contributed by atoms with E-state index < -0.39 is 0 Å². The first-order valence-electron chi connectivity index (χ1n) is 8.65. The largest absolute Gasteiger partial charge is 0.342 e. The molecule has 4 nitrogen and oxygen atoms in total. The number of rotatable bonds is 4. The maximum Gasteiger partial charge on any atom is 0.224 e.